The van der Waals surface area contributed by atoms with Gasteiger partial charge in [0.15, 0.2) is 5.76 Å². The summed E-state index contributed by atoms with van der Waals surface area (Å²) in [5.41, 5.74) is 2.65. The van der Waals surface area contributed by atoms with E-state index in [9.17, 15) is 9.59 Å². The second kappa shape index (κ2) is 8.18. The Bertz CT molecular complexity index is 760. The Morgan fingerprint density at radius 3 is 2.84 bits per heavy atom. The minimum absolute atomic E-state index is 0. The van der Waals surface area contributed by atoms with Crippen LogP contribution in [0.1, 0.15) is 21.7 Å². The molecule has 6 nitrogen and oxygen atoms in total. The molecular weight excluding hydrogens is 342 g/mol. The van der Waals surface area contributed by atoms with Crippen LogP contribution < -0.4 is 10.2 Å². The summed E-state index contributed by atoms with van der Waals surface area (Å²) >= 11 is 0. The molecule has 2 heterocycles. The SMILES string of the molecule is CNCCN(C)C(=O)c1occc1CN1C(=O)Cc2ccccc21.Cl. The zero-order valence-electron chi connectivity index (χ0n) is 14.3. The third-order valence-corrected chi connectivity index (χ3v) is 4.24. The van der Waals surface area contributed by atoms with Gasteiger partial charge in [0.1, 0.15) is 0 Å². The fourth-order valence-electron chi connectivity index (χ4n) is 2.86. The van der Waals surface area contributed by atoms with E-state index in [1.807, 2.05) is 31.3 Å². The highest BCUT2D eigenvalue weighted by atomic mass is 35.5. The van der Waals surface area contributed by atoms with Crippen molar-refractivity contribution >= 4 is 29.9 Å². The van der Waals surface area contributed by atoms with Crippen molar-refractivity contribution in [2.75, 3.05) is 32.1 Å². The first-order valence-electron chi connectivity index (χ1n) is 7.96. The smallest absolute Gasteiger partial charge is 0.289 e. The Hall–Kier alpha value is -2.31. The van der Waals surface area contributed by atoms with E-state index in [0.717, 1.165) is 16.8 Å². The lowest BCUT2D eigenvalue weighted by Gasteiger charge is -2.19. The molecule has 0 aliphatic carbocycles. The number of anilines is 1. The quantitative estimate of drug-likeness (QED) is 0.853. The van der Waals surface area contributed by atoms with Gasteiger partial charge in [-0.2, -0.15) is 0 Å². The molecule has 1 aromatic heterocycles. The fraction of sp³-hybridized carbons (Fsp3) is 0.333. The van der Waals surface area contributed by atoms with Crippen molar-refractivity contribution in [1.29, 1.82) is 0 Å². The van der Waals surface area contributed by atoms with Crippen LogP contribution in [-0.2, 0) is 17.8 Å². The Morgan fingerprint density at radius 2 is 2.08 bits per heavy atom. The van der Waals surface area contributed by atoms with Gasteiger partial charge >= 0.3 is 0 Å². The van der Waals surface area contributed by atoms with Gasteiger partial charge < -0.3 is 19.5 Å². The standard InChI is InChI=1S/C18H21N3O3.ClH/c1-19-8-9-20(2)18(23)17-14(7-10-24-17)12-21-15-6-4-3-5-13(15)11-16(21)22;/h3-7,10,19H,8-9,11-12H2,1-2H3;1H. The van der Waals surface area contributed by atoms with Crippen molar-refractivity contribution in [2.45, 2.75) is 13.0 Å². The maximum absolute atomic E-state index is 12.5. The average Bonchev–Trinajstić information content (AvgIpc) is 3.17. The number of nitrogens with one attached hydrogen (secondary N) is 1. The molecule has 0 saturated heterocycles. The Labute approximate surface area is 153 Å². The molecule has 0 saturated carbocycles. The van der Waals surface area contributed by atoms with E-state index in [2.05, 4.69) is 5.32 Å². The van der Waals surface area contributed by atoms with E-state index in [0.29, 0.717) is 31.8 Å². The number of benzene rings is 1. The molecule has 2 aromatic rings. The van der Waals surface area contributed by atoms with Crippen LogP contribution in [0.2, 0.25) is 0 Å². The predicted octanol–water partition coefficient (Wildman–Crippen LogP) is 2.08. The first-order valence-corrected chi connectivity index (χ1v) is 7.96. The van der Waals surface area contributed by atoms with E-state index < -0.39 is 0 Å². The molecule has 0 radical (unpaired) electrons. The van der Waals surface area contributed by atoms with Crippen molar-refractivity contribution in [3.8, 4) is 0 Å². The van der Waals surface area contributed by atoms with Crippen LogP contribution in [-0.4, -0.2) is 43.9 Å². The van der Waals surface area contributed by atoms with Gasteiger partial charge in [0.25, 0.3) is 5.91 Å². The number of fused-ring (bicyclic) bond motifs is 1. The monoisotopic (exact) mass is 363 g/mol. The number of para-hydroxylation sites is 1. The zero-order chi connectivity index (χ0) is 17.1. The number of carbonyl (C=O) groups excluding carboxylic acids is 2. The third-order valence-electron chi connectivity index (χ3n) is 4.24. The van der Waals surface area contributed by atoms with Crippen molar-refractivity contribution in [3.63, 3.8) is 0 Å². The van der Waals surface area contributed by atoms with Crippen molar-refractivity contribution in [1.82, 2.24) is 10.2 Å². The Balaban J connectivity index is 0.00000225. The largest absolute Gasteiger partial charge is 0.459 e. The normalized spacial score (nSPS) is 12.7. The number of nitrogens with zero attached hydrogens (tertiary/aromatic N) is 2. The van der Waals surface area contributed by atoms with Gasteiger partial charge in [0, 0.05) is 31.4 Å². The first kappa shape index (κ1) is 19.0. The lowest BCUT2D eigenvalue weighted by atomic mass is 10.1. The van der Waals surface area contributed by atoms with Crippen molar-refractivity contribution < 1.29 is 14.0 Å². The first-order chi connectivity index (χ1) is 11.6. The average molecular weight is 364 g/mol. The van der Waals surface area contributed by atoms with Crippen LogP contribution in [0.3, 0.4) is 0 Å². The summed E-state index contributed by atoms with van der Waals surface area (Å²) in [5.74, 6) is 0.162. The number of hydrogen-bond acceptors (Lipinski definition) is 4. The zero-order valence-corrected chi connectivity index (χ0v) is 15.1. The molecule has 0 atom stereocenters. The van der Waals surface area contributed by atoms with Gasteiger partial charge in [-0.25, -0.2) is 0 Å². The molecule has 3 rings (SSSR count). The Morgan fingerprint density at radius 1 is 1.32 bits per heavy atom. The van der Waals surface area contributed by atoms with Crippen LogP contribution in [0.4, 0.5) is 5.69 Å². The summed E-state index contributed by atoms with van der Waals surface area (Å²) in [6.07, 6.45) is 1.90. The van der Waals surface area contributed by atoms with Crippen LogP contribution in [0.15, 0.2) is 41.0 Å². The number of likely N-dealkylation sites (N-methyl/N-ethyl adjacent to an activating group) is 2. The molecule has 134 valence electrons. The minimum atomic E-state index is -0.176. The predicted molar refractivity (Wildman–Crippen MR) is 98.2 cm³/mol. The highest BCUT2D eigenvalue weighted by Crippen LogP contribution is 2.30. The van der Waals surface area contributed by atoms with Crippen LogP contribution >= 0.6 is 12.4 Å². The van der Waals surface area contributed by atoms with Crippen LogP contribution in [0.5, 0.6) is 0 Å². The number of rotatable bonds is 6. The molecular formula is C18H22ClN3O3. The molecule has 1 aliphatic heterocycles. The van der Waals surface area contributed by atoms with E-state index in [1.54, 1.807) is 22.9 Å². The van der Waals surface area contributed by atoms with E-state index in [-0.39, 0.29) is 24.2 Å². The molecule has 0 bridgehead atoms. The van der Waals surface area contributed by atoms with Gasteiger partial charge in [-0.3, -0.25) is 9.59 Å². The maximum Gasteiger partial charge on any atom is 0.289 e. The van der Waals surface area contributed by atoms with Gasteiger partial charge in [-0.1, -0.05) is 18.2 Å². The van der Waals surface area contributed by atoms with Crippen LogP contribution in [0.25, 0.3) is 0 Å². The Kier molecular flexibility index (Phi) is 6.22. The molecule has 7 heteroatoms. The number of halogens is 1. The second-order valence-corrected chi connectivity index (χ2v) is 5.89. The molecule has 0 unspecified atom stereocenters. The number of carbonyl (C=O) groups is 2. The fourth-order valence-corrected chi connectivity index (χ4v) is 2.86. The number of amides is 2. The highest BCUT2D eigenvalue weighted by Gasteiger charge is 2.29. The van der Waals surface area contributed by atoms with Gasteiger partial charge in [0.2, 0.25) is 5.91 Å². The molecule has 2 amide bonds. The van der Waals surface area contributed by atoms with Crippen molar-refractivity contribution in [2.24, 2.45) is 0 Å². The molecule has 0 spiro atoms. The van der Waals surface area contributed by atoms with E-state index in [4.69, 9.17) is 4.42 Å². The molecule has 25 heavy (non-hydrogen) atoms. The molecule has 1 N–H and O–H groups in total. The summed E-state index contributed by atoms with van der Waals surface area (Å²) < 4.78 is 5.41. The number of furan rings is 1. The van der Waals surface area contributed by atoms with Crippen molar-refractivity contribution in [3.05, 3.63) is 53.5 Å². The molecule has 0 fully saturated rings. The summed E-state index contributed by atoms with van der Waals surface area (Å²) in [4.78, 5) is 28.2. The highest BCUT2D eigenvalue weighted by molar-refractivity contribution is 6.01. The third kappa shape index (κ3) is 3.86. The minimum Gasteiger partial charge on any atom is -0.459 e. The maximum atomic E-state index is 12.5. The lowest BCUT2D eigenvalue weighted by molar-refractivity contribution is -0.117. The summed E-state index contributed by atoms with van der Waals surface area (Å²) in [7, 11) is 3.58. The molecule has 1 aliphatic rings. The lowest BCUT2D eigenvalue weighted by Crippen LogP contribution is -2.33. The number of hydrogen-bond donors (Lipinski definition) is 1. The van der Waals surface area contributed by atoms with E-state index >= 15 is 0 Å². The summed E-state index contributed by atoms with van der Waals surface area (Å²) in [6.45, 7) is 1.63. The van der Waals surface area contributed by atoms with E-state index in [1.165, 1.54) is 6.26 Å². The summed E-state index contributed by atoms with van der Waals surface area (Å²) in [6, 6.07) is 9.49. The topological polar surface area (TPSA) is 65.8 Å². The van der Waals surface area contributed by atoms with Gasteiger partial charge in [-0.05, 0) is 24.7 Å². The molecule has 1 aromatic carbocycles. The van der Waals surface area contributed by atoms with Gasteiger partial charge in [-0.15, -0.1) is 12.4 Å². The summed E-state index contributed by atoms with van der Waals surface area (Å²) in [5, 5.41) is 3.01. The second-order valence-electron chi connectivity index (χ2n) is 5.89. The van der Waals surface area contributed by atoms with Gasteiger partial charge in [0.05, 0.1) is 19.2 Å². The van der Waals surface area contributed by atoms with Crippen LogP contribution in [0, 0.1) is 0 Å².